The highest BCUT2D eigenvalue weighted by molar-refractivity contribution is 7.98. The summed E-state index contributed by atoms with van der Waals surface area (Å²) in [4.78, 5) is 5.21. The molecule has 0 saturated carbocycles. The van der Waals surface area contributed by atoms with Gasteiger partial charge in [0.15, 0.2) is 0 Å². The van der Waals surface area contributed by atoms with E-state index in [-0.39, 0.29) is 0 Å². The first-order chi connectivity index (χ1) is 7.75. The van der Waals surface area contributed by atoms with E-state index in [9.17, 15) is 0 Å². The Hall–Kier alpha value is -1.48. The lowest BCUT2D eigenvalue weighted by molar-refractivity contribution is 1.20. The Balaban J connectivity index is 2.03. The van der Waals surface area contributed by atoms with Crippen molar-refractivity contribution in [1.29, 1.82) is 0 Å². The lowest BCUT2D eigenvalue weighted by atomic mass is 10.2. The minimum atomic E-state index is 0.643. The van der Waals surface area contributed by atoms with E-state index in [4.69, 9.17) is 5.73 Å². The lowest BCUT2D eigenvalue weighted by Crippen LogP contribution is -1.92. The zero-order valence-corrected chi connectivity index (χ0v) is 9.70. The minimum Gasteiger partial charge on any atom is -0.397 e. The fraction of sp³-hybridized carbons (Fsp3) is 0.0769. The molecular weight excluding hydrogens is 216 g/mol. The van der Waals surface area contributed by atoms with Crippen molar-refractivity contribution in [2.75, 3.05) is 5.73 Å². The van der Waals surface area contributed by atoms with E-state index >= 15 is 0 Å². The molecule has 3 heteroatoms. The quantitative estimate of drug-likeness (QED) is 0.822. The van der Waals surface area contributed by atoms with Crippen molar-refractivity contribution in [1.82, 2.24) is 4.98 Å². The number of rotatable bonds is 3. The molecule has 0 spiro atoms. The Morgan fingerprint density at radius 2 is 2.00 bits per heavy atom. The SMILES string of the molecule is [CH2]c1ncc(SCc2ccccc2)cc1N. The van der Waals surface area contributed by atoms with E-state index in [2.05, 4.69) is 24.0 Å². The second-order valence-corrected chi connectivity index (χ2v) is 4.53. The fourth-order valence-electron chi connectivity index (χ4n) is 1.31. The Kier molecular flexibility index (Phi) is 3.47. The Labute approximate surface area is 99.9 Å². The maximum Gasteiger partial charge on any atom is 0.0637 e. The van der Waals surface area contributed by atoms with Crippen LogP contribution in [0, 0.1) is 6.92 Å². The molecule has 81 valence electrons. The largest absolute Gasteiger partial charge is 0.397 e. The van der Waals surface area contributed by atoms with Gasteiger partial charge in [0.25, 0.3) is 0 Å². The number of nitrogens with two attached hydrogens (primary N) is 1. The molecule has 2 rings (SSSR count). The summed E-state index contributed by atoms with van der Waals surface area (Å²) in [6.45, 7) is 3.73. The number of pyridine rings is 1. The number of anilines is 1. The zero-order chi connectivity index (χ0) is 11.4. The van der Waals surface area contributed by atoms with Crippen LogP contribution in [0.5, 0.6) is 0 Å². The first-order valence-corrected chi connectivity index (χ1v) is 5.98. The van der Waals surface area contributed by atoms with E-state index in [1.54, 1.807) is 11.8 Å². The van der Waals surface area contributed by atoms with Crippen LogP contribution in [0.25, 0.3) is 0 Å². The van der Waals surface area contributed by atoms with Gasteiger partial charge in [-0.3, -0.25) is 4.98 Å². The van der Waals surface area contributed by atoms with Gasteiger partial charge in [-0.05, 0) is 18.6 Å². The summed E-state index contributed by atoms with van der Waals surface area (Å²) < 4.78 is 0. The topological polar surface area (TPSA) is 38.9 Å². The number of nitrogens with zero attached hydrogens (tertiary/aromatic N) is 1. The van der Waals surface area contributed by atoms with Crippen LogP contribution < -0.4 is 5.73 Å². The maximum absolute atomic E-state index is 5.75. The molecule has 0 atom stereocenters. The molecule has 0 saturated heterocycles. The molecule has 1 aromatic carbocycles. The molecule has 1 heterocycles. The number of thioether (sulfide) groups is 1. The molecule has 1 radical (unpaired) electrons. The predicted molar refractivity (Wildman–Crippen MR) is 69.1 cm³/mol. The van der Waals surface area contributed by atoms with Crippen LogP contribution in [-0.2, 0) is 5.75 Å². The number of benzene rings is 1. The Morgan fingerprint density at radius 1 is 1.25 bits per heavy atom. The first kappa shape index (κ1) is 11.0. The molecule has 0 amide bonds. The fourth-order valence-corrected chi connectivity index (χ4v) is 2.17. The van der Waals surface area contributed by atoms with Crippen LogP contribution >= 0.6 is 11.8 Å². The van der Waals surface area contributed by atoms with Crippen molar-refractivity contribution < 1.29 is 0 Å². The van der Waals surface area contributed by atoms with Crippen molar-refractivity contribution in [3.8, 4) is 0 Å². The van der Waals surface area contributed by atoms with E-state index in [0.717, 1.165) is 10.6 Å². The number of nitrogen functional groups attached to an aromatic ring is 1. The summed E-state index contributed by atoms with van der Waals surface area (Å²) in [6.07, 6.45) is 1.81. The van der Waals surface area contributed by atoms with Gasteiger partial charge in [0.2, 0.25) is 0 Å². The molecule has 2 aromatic rings. The van der Waals surface area contributed by atoms with Gasteiger partial charge < -0.3 is 5.73 Å². The van der Waals surface area contributed by atoms with Gasteiger partial charge in [-0.15, -0.1) is 11.8 Å². The number of hydrogen-bond acceptors (Lipinski definition) is 3. The van der Waals surface area contributed by atoms with Gasteiger partial charge in [-0.2, -0.15) is 0 Å². The molecule has 16 heavy (non-hydrogen) atoms. The van der Waals surface area contributed by atoms with E-state index < -0.39 is 0 Å². The number of hydrogen-bond donors (Lipinski definition) is 1. The van der Waals surface area contributed by atoms with Crippen LogP contribution in [0.2, 0.25) is 0 Å². The van der Waals surface area contributed by atoms with Crippen LogP contribution in [0.15, 0.2) is 47.5 Å². The minimum absolute atomic E-state index is 0.643. The van der Waals surface area contributed by atoms with Crippen LogP contribution in [0.4, 0.5) is 5.69 Å². The third-order valence-electron chi connectivity index (χ3n) is 2.23. The van der Waals surface area contributed by atoms with Crippen molar-refractivity contribution >= 4 is 17.4 Å². The molecule has 0 bridgehead atoms. The highest BCUT2D eigenvalue weighted by Crippen LogP contribution is 2.24. The summed E-state index contributed by atoms with van der Waals surface area (Å²) in [5, 5.41) is 0. The van der Waals surface area contributed by atoms with Gasteiger partial charge in [0.1, 0.15) is 0 Å². The van der Waals surface area contributed by atoms with Crippen molar-refractivity contribution in [3.63, 3.8) is 0 Å². The van der Waals surface area contributed by atoms with Crippen LogP contribution in [0.1, 0.15) is 11.3 Å². The summed E-state index contributed by atoms with van der Waals surface area (Å²) in [5.74, 6) is 0.929. The molecule has 2 nitrogen and oxygen atoms in total. The summed E-state index contributed by atoms with van der Waals surface area (Å²) in [7, 11) is 0. The van der Waals surface area contributed by atoms with Gasteiger partial charge >= 0.3 is 0 Å². The van der Waals surface area contributed by atoms with Crippen LogP contribution in [0.3, 0.4) is 0 Å². The molecule has 0 unspecified atom stereocenters. The molecule has 1 aromatic heterocycles. The number of aromatic nitrogens is 1. The smallest absolute Gasteiger partial charge is 0.0637 e. The molecule has 0 fully saturated rings. The van der Waals surface area contributed by atoms with Gasteiger partial charge in [0.05, 0.1) is 11.4 Å². The summed E-state index contributed by atoms with van der Waals surface area (Å²) in [6, 6.07) is 12.2. The van der Waals surface area contributed by atoms with E-state index in [0.29, 0.717) is 11.4 Å². The summed E-state index contributed by atoms with van der Waals surface area (Å²) >= 11 is 1.73. The van der Waals surface area contributed by atoms with Crippen LogP contribution in [-0.4, -0.2) is 4.98 Å². The zero-order valence-electron chi connectivity index (χ0n) is 8.89. The van der Waals surface area contributed by atoms with Gasteiger partial charge in [-0.1, -0.05) is 30.3 Å². The Bertz CT molecular complexity index is 469. The average molecular weight is 229 g/mol. The monoisotopic (exact) mass is 229 g/mol. The van der Waals surface area contributed by atoms with Crippen molar-refractivity contribution in [2.45, 2.75) is 10.6 Å². The third kappa shape index (κ3) is 2.76. The molecule has 0 aliphatic heterocycles. The van der Waals surface area contributed by atoms with Gasteiger partial charge in [-0.25, -0.2) is 0 Å². The highest BCUT2D eigenvalue weighted by atomic mass is 32.2. The molecule has 0 aliphatic rings. The second-order valence-electron chi connectivity index (χ2n) is 3.48. The normalized spacial score (nSPS) is 10.3. The van der Waals surface area contributed by atoms with Crippen molar-refractivity contribution in [3.05, 3.63) is 60.8 Å². The average Bonchev–Trinajstić information content (AvgIpc) is 2.32. The second kappa shape index (κ2) is 5.03. The summed E-state index contributed by atoms with van der Waals surface area (Å²) in [5.41, 5.74) is 8.34. The molecule has 0 aliphatic carbocycles. The first-order valence-electron chi connectivity index (χ1n) is 5.00. The van der Waals surface area contributed by atoms with Crippen molar-refractivity contribution in [2.24, 2.45) is 0 Å². The van der Waals surface area contributed by atoms with E-state index in [1.165, 1.54) is 5.56 Å². The maximum atomic E-state index is 5.75. The Morgan fingerprint density at radius 3 is 2.69 bits per heavy atom. The lowest BCUT2D eigenvalue weighted by Gasteiger charge is -2.04. The molecular formula is C13H13N2S. The third-order valence-corrected chi connectivity index (χ3v) is 3.26. The van der Waals surface area contributed by atoms with Gasteiger partial charge in [0, 0.05) is 16.8 Å². The highest BCUT2D eigenvalue weighted by Gasteiger charge is 1.99. The van der Waals surface area contributed by atoms with E-state index in [1.807, 2.05) is 30.5 Å². The molecule has 2 N–H and O–H groups in total. The standard InChI is InChI=1S/C13H13N2S/c1-10-13(14)7-12(8-15-10)16-9-11-5-3-2-4-6-11/h2-8H,1,9,14H2. The predicted octanol–water partition coefficient (Wildman–Crippen LogP) is 3.14.